The van der Waals surface area contributed by atoms with Crippen LogP contribution < -0.4 is 9.47 Å². The van der Waals surface area contributed by atoms with Gasteiger partial charge in [-0.3, -0.25) is 9.79 Å². The molecule has 0 spiro atoms. The predicted octanol–water partition coefficient (Wildman–Crippen LogP) is 6.84. The Morgan fingerprint density at radius 2 is 1.71 bits per heavy atom. The maximum Gasteiger partial charge on any atom is 0.168 e. The van der Waals surface area contributed by atoms with E-state index in [-0.39, 0.29) is 22.5 Å². The molecule has 1 N–H and O–H groups in total. The monoisotopic (exact) mass is 455 g/mol. The van der Waals surface area contributed by atoms with Gasteiger partial charge in [0, 0.05) is 11.8 Å². The van der Waals surface area contributed by atoms with Gasteiger partial charge in [-0.05, 0) is 47.1 Å². The number of Topliss-reactive ketones (excluding diaryl/α,β-unsaturated/α-hetero) is 1. The van der Waals surface area contributed by atoms with Crippen LogP contribution in [-0.2, 0) is 4.79 Å². The van der Waals surface area contributed by atoms with Crippen LogP contribution in [0.3, 0.4) is 0 Å². The predicted molar refractivity (Wildman–Crippen MR) is 137 cm³/mol. The molecule has 0 radical (unpaired) electrons. The first-order chi connectivity index (χ1) is 16.3. The quantitative estimate of drug-likeness (QED) is 0.338. The Kier molecular flexibility index (Phi) is 6.55. The number of fused-ring (bicyclic) bond motifs is 1. The molecule has 0 aliphatic heterocycles. The van der Waals surface area contributed by atoms with Gasteiger partial charge in [0.05, 0.1) is 31.2 Å². The molecule has 0 amide bonds. The van der Waals surface area contributed by atoms with Gasteiger partial charge in [-0.2, -0.15) is 0 Å². The van der Waals surface area contributed by atoms with Gasteiger partial charge < -0.3 is 14.6 Å². The largest absolute Gasteiger partial charge is 0.507 e. The van der Waals surface area contributed by atoms with Gasteiger partial charge in [0.25, 0.3) is 0 Å². The van der Waals surface area contributed by atoms with Crippen molar-refractivity contribution in [2.75, 3.05) is 14.2 Å². The van der Waals surface area contributed by atoms with Gasteiger partial charge in [-0.25, -0.2) is 0 Å². The molecule has 0 bridgehead atoms. The number of benzene rings is 3. The number of aliphatic imine (C=N–C) groups is 1. The molecular formula is C29H29NO4. The van der Waals surface area contributed by atoms with Crippen LogP contribution >= 0.6 is 0 Å². The molecule has 0 unspecified atom stereocenters. The van der Waals surface area contributed by atoms with Crippen LogP contribution in [0.4, 0.5) is 5.69 Å². The number of rotatable bonds is 5. The minimum atomic E-state index is -0.239. The van der Waals surface area contributed by atoms with Gasteiger partial charge >= 0.3 is 0 Å². The number of nitrogens with zero attached hydrogens (tertiary/aromatic N) is 1. The van der Waals surface area contributed by atoms with Crippen molar-refractivity contribution in [1.29, 1.82) is 0 Å². The molecule has 174 valence electrons. The summed E-state index contributed by atoms with van der Waals surface area (Å²) in [5, 5.41) is 13.1. The lowest BCUT2D eigenvalue weighted by Gasteiger charge is -2.31. The number of ketones is 1. The number of allylic oxidation sites excluding steroid dienone is 2. The summed E-state index contributed by atoms with van der Waals surface area (Å²) in [5.41, 5.74) is 2.24. The van der Waals surface area contributed by atoms with Crippen LogP contribution in [0.1, 0.15) is 32.3 Å². The summed E-state index contributed by atoms with van der Waals surface area (Å²) in [7, 11) is 3.15. The normalized spacial score (nSPS) is 18.5. The van der Waals surface area contributed by atoms with Crippen LogP contribution in [-0.4, -0.2) is 30.8 Å². The topological polar surface area (TPSA) is 68.1 Å². The molecule has 34 heavy (non-hydrogen) atoms. The number of carbonyl (C=O) groups excluding carboxylic acids is 1. The summed E-state index contributed by atoms with van der Waals surface area (Å²) >= 11 is 0. The SMILES string of the molecule is COc1ccc(/C=C/C(O)=C2C(=O)CC(C)(C)CC2=Nc2cccc3ccccc23)cc1OC. The Morgan fingerprint density at radius 1 is 0.971 bits per heavy atom. The van der Waals surface area contributed by atoms with Gasteiger partial charge in [-0.1, -0.05) is 62.4 Å². The molecular weight excluding hydrogens is 426 g/mol. The van der Waals surface area contributed by atoms with Gasteiger partial charge in [0.2, 0.25) is 0 Å². The molecule has 0 saturated heterocycles. The highest BCUT2D eigenvalue weighted by Crippen LogP contribution is 2.37. The Labute approximate surface area is 200 Å². The van der Waals surface area contributed by atoms with E-state index < -0.39 is 0 Å². The van der Waals surface area contributed by atoms with Crippen molar-refractivity contribution in [3.05, 3.63) is 83.6 Å². The lowest BCUT2D eigenvalue weighted by molar-refractivity contribution is -0.117. The highest BCUT2D eigenvalue weighted by atomic mass is 16.5. The second-order valence-corrected chi connectivity index (χ2v) is 9.21. The average Bonchev–Trinajstić information content (AvgIpc) is 2.81. The molecule has 1 aliphatic rings. The Bertz CT molecular complexity index is 1330. The van der Waals surface area contributed by atoms with Crippen LogP contribution in [0.25, 0.3) is 16.8 Å². The highest BCUT2D eigenvalue weighted by Gasteiger charge is 2.36. The number of carbonyl (C=O) groups is 1. The first-order valence-corrected chi connectivity index (χ1v) is 11.2. The number of aliphatic hydroxyl groups is 1. The summed E-state index contributed by atoms with van der Waals surface area (Å²) in [4.78, 5) is 18.0. The van der Waals surface area contributed by atoms with Crippen LogP contribution in [0.15, 0.2) is 83.1 Å². The van der Waals surface area contributed by atoms with Crippen molar-refractivity contribution in [3.63, 3.8) is 0 Å². The molecule has 0 atom stereocenters. The number of aliphatic hydroxyl groups excluding tert-OH is 1. The van der Waals surface area contributed by atoms with Gasteiger partial charge in [0.15, 0.2) is 17.3 Å². The fraction of sp³-hybridized carbons (Fsp3) is 0.241. The summed E-state index contributed by atoms with van der Waals surface area (Å²) < 4.78 is 10.6. The standard InChI is InChI=1S/C29H29NO4/c1-29(2)17-23(30-22-11-7-9-20-8-5-6-10-21(20)22)28(25(32)18-29)24(31)14-12-19-13-15-26(33-3)27(16-19)34-4/h5-16,31H,17-18H2,1-4H3/b14-12+,28-24?,30-23?. The van der Waals surface area contributed by atoms with Crippen molar-refractivity contribution >= 4 is 34.0 Å². The molecule has 0 heterocycles. The Balaban J connectivity index is 1.78. The van der Waals surface area contributed by atoms with E-state index in [0.717, 1.165) is 22.0 Å². The molecule has 0 aromatic heterocycles. The Hall–Kier alpha value is -3.86. The number of hydrogen-bond acceptors (Lipinski definition) is 5. The van der Waals surface area contributed by atoms with E-state index >= 15 is 0 Å². The fourth-order valence-corrected chi connectivity index (χ4v) is 4.34. The van der Waals surface area contributed by atoms with Gasteiger partial charge in [-0.15, -0.1) is 0 Å². The van der Waals surface area contributed by atoms with Crippen LogP contribution in [0.5, 0.6) is 11.5 Å². The van der Waals surface area contributed by atoms with Gasteiger partial charge in [0.1, 0.15) is 5.76 Å². The molecule has 1 aliphatic carbocycles. The summed E-state index contributed by atoms with van der Waals surface area (Å²) in [6.07, 6.45) is 4.23. The zero-order valence-electron chi connectivity index (χ0n) is 20.0. The summed E-state index contributed by atoms with van der Waals surface area (Å²) in [6, 6.07) is 19.4. The fourth-order valence-electron chi connectivity index (χ4n) is 4.34. The van der Waals surface area contributed by atoms with E-state index in [2.05, 4.69) is 13.8 Å². The van der Waals surface area contributed by atoms with Crippen LogP contribution in [0.2, 0.25) is 0 Å². The Morgan fingerprint density at radius 3 is 2.47 bits per heavy atom. The minimum absolute atomic E-state index is 0.0886. The third-order valence-corrected chi connectivity index (χ3v) is 5.97. The molecule has 1 fully saturated rings. The van der Waals surface area contributed by atoms with E-state index in [0.29, 0.717) is 30.1 Å². The van der Waals surface area contributed by atoms with E-state index in [1.807, 2.05) is 54.6 Å². The van der Waals surface area contributed by atoms with Crippen LogP contribution in [0, 0.1) is 5.41 Å². The minimum Gasteiger partial charge on any atom is -0.507 e. The smallest absolute Gasteiger partial charge is 0.168 e. The lowest BCUT2D eigenvalue weighted by atomic mass is 9.73. The third-order valence-electron chi connectivity index (χ3n) is 5.97. The van der Waals surface area contributed by atoms with Crippen molar-refractivity contribution in [1.82, 2.24) is 0 Å². The second-order valence-electron chi connectivity index (χ2n) is 9.21. The van der Waals surface area contributed by atoms with Crippen molar-refractivity contribution in [2.24, 2.45) is 10.4 Å². The average molecular weight is 456 g/mol. The van der Waals surface area contributed by atoms with E-state index in [4.69, 9.17) is 14.5 Å². The number of ether oxygens (including phenoxy) is 2. The maximum absolute atomic E-state index is 13.1. The maximum atomic E-state index is 13.1. The molecule has 5 heteroatoms. The molecule has 5 nitrogen and oxygen atoms in total. The summed E-state index contributed by atoms with van der Waals surface area (Å²) in [5.74, 6) is 1.01. The zero-order chi connectivity index (χ0) is 24.3. The van der Waals surface area contributed by atoms with E-state index in [9.17, 15) is 9.90 Å². The lowest BCUT2D eigenvalue weighted by Crippen LogP contribution is -2.32. The molecule has 3 aromatic rings. The zero-order valence-corrected chi connectivity index (χ0v) is 20.0. The van der Waals surface area contributed by atoms with E-state index in [1.165, 1.54) is 0 Å². The first-order valence-electron chi connectivity index (χ1n) is 11.2. The van der Waals surface area contributed by atoms with Crippen molar-refractivity contribution in [3.8, 4) is 11.5 Å². The number of hydrogen-bond donors (Lipinski definition) is 1. The second kappa shape index (κ2) is 9.56. The molecule has 3 aromatic carbocycles. The third kappa shape index (κ3) is 4.88. The first kappa shape index (κ1) is 23.3. The van der Waals surface area contributed by atoms with E-state index in [1.54, 1.807) is 32.4 Å². The summed E-state index contributed by atoms with van der Waals surface area (Å²) in [6.45, 7) is 4.10. The van der Waals surface area contributed by atoms with Crippen molar-refractivity contribution in [2.45, 2.75) is 26.7 Å². The molecule has 4 rings (SSSR count). The highest BCUT2D eigenvalue weighted by molar-refractivity contribution is 6.25. The molecule has 1 saturated carbocycles. The van der Waals surface area contributed by atoms with Crippen molar-refractivity contribution < 1.29 is 19.4 Å². The number of methoxy groups -OCH3 is 2.